The summed E-state index contributed by atoms with van der Waals surface area (Å²) in [6, 6.07) is 0.212. The van der Waals surface area contributed by atoms with Crippen molar-refractivity contribution in [3.63, 3.8) is 0 Å². The normalized spacial score (nSPS) is 19.7. The summed E-state index contributed by atoms with van der Waals surface area (Å²) in [4.78, 5) is 13.3. The van der Waals surface area contributed by atoms with Crippen LogP contribution in [0.2, 0.25) is 0 Å². The van der Waals surface area contributed by atoms with Gasteiger partial charge in [0.25, 0.3) is 0 Å². The van der Waals surface area contributed by atoms with E-state index in [1.165, 1.54) is 0 Å². The minimum Gasteiger partial charge on any atom is -0.444 e. The van der Waals surface area contributed by atoms with Crippen molar-refractivity contribution in [2.75, 3.05) is 13.1 Å². The fourth-order valence-corrected chi connectivity index (χ4v) is 1.59. The van der Waals surface area contributed by atoms with Crippen LogP contribution < -0.4 is 5.73 Å². The molecule has 1 heterocycles. The van der Waals surface area contributed by atoms with Crippen molar-refractivity contribution < 1.29 is 9.53 Å². The van der Waals surface area contributed by atoms with Gasteiger partial charge in [0.15, 0.2) is 0 Å². The number of likely N-dealkylation sites (tertiary alicyclic amines) is 1. The summed E-state index contributed by atoms with van der Waals surface area (Å²) in [7, 11) is 0. The van der Waals surface area contributed by atoms with Gasteiger partial charge in [0, 0.05) is 25.0 Å². The monoisotopic (exact) mass is 214 g/mol. The smallest absolute Gasteiger partial charge is 0.410 e. The van der Waals surface area contributed by atoms with Crippen LogP contribution in [0.5, 0.6) is 0 Å². The second-order valence-corrected chi connectivity index (χ2v) is 5.22. The fraction of sp³-hybridized carbons (Fsp3) is 0.909. The molecule has 0 aromatic carbocycles. The van der Waals surface area contributed by atoms with E-state index in [9.17, 15) is 4.79 Å². The molecule has 0 saturated carbocycles. The number of rotatable bonds is 2. The Morgan fingerprint density at radius 1 is 1.53 bits per heavy atom. The summed E-state index contributed by atoms with van der Waals surface area (Å²) in [6.45, 7) is 9.18. The van der Waals surface area contributed by atoms with Crippen molar-refractivity contribution in [3.05, 3.63) is 0 Å². The van der Waals surface area contributed by atoms with Gasteiger partial charge in [0.2, 0.25) is 0 Å². The maximum atomic E-state index is 11.6. The molecule has 0 spiro atoms. The van der Waals surface area contributed by atoms with Gasteiger partial charge in [-0.15, -0.1) is 0 Å². The standard InChI is InChI=1S/C11H22N2O2/c1-5-9(12)8-6-13(7-8)10(14)15-11(2,3)4/h8-9H,5-7,12H2,1-4H3/t9-/m1/s1. The third-order valence-electron chi connectivity index (χ3n) is 2.64. The molecular weight excluding hydrogens is 192 g/mol. The van der Waals surface area contributed by atoms with Gasteiger partial charge in [-0.1, -0.05) is 6.92 Å². The molecule has 0 aromatic rings. The SMILES string of the molecule is CC[C@@H](N)C1CN(C(=O)OC(C)(C)C)C1. The lowest BCUT2D eigenvalue weighted by atomic mass is 9.91. The predicted molar refractivity (Wildman–Crippen MR) is 59.6 cm³/mol. The lowest BCUT2D eigenvalue weighted by molar-refractivity contribution is -0.00477. The molecular formula is C11H22N2O2. The number of nitrogens with zero attached hydrogens (tertiary/aromatic N) is 1. The van der Waals surface area contributed by atoms with Crippen molar-refractivity contribution in [3.8, 4) is 0 Å². The average molecular weight is 214 g/mol. The van der Waals surface area contributed by atoms with Crippen molar-refractivity contribution in [1.29, 1.82) is 0 Å². The number of amides is 1. The second kappa shape index (κ2) is 4.39. The Bertz CT molecular complexity index is 229. The van der Waals surface area contributed by atoms with Crippen LogP contribution in [0, 0.1) is 5.92 Å². The molecule has 1 fully saturated rings. The molecule has 4 heteroatoms. The molecule has 2 N–H and O–H groups in total. The molecule has 0 radical (unpaired) electrons. The first kappa shape index (κ1) is 12.3. The van der Waals surface area contributed by atoms with Crippen molar-refractivity contribution in [2.24, 2.45) is 11.7 Å². The predicted octanol–water partition coefficient (Wildman–Crippen LogP) is 1.59. The van der Waals surface area contributed by atoms with Crippen molar-refractivity contribution in [2.45, 2.75) is 45.8 Å². The molecule has 0 aromatic heterocycles. The molecule has 0 unspecified atom stereocenters. The maximum Gasteiger partial charge on any atom is 0.410 e. The first-order chi connectivity index (χ1) is 6.83. The van der Waals surface area contributed by atoms with E-state index >= 15 is 0 Å². The van der Waals surface area contributed by atoms with E-state index < -0.39 is 5.60 Å². The number of hydrogen-bond acceptors (Lipinski definition) is 3. The molecule has 1 rings (SSSR count). The molecule has 0 bridgehead atoms. The molecule has 1 aliphatic rings. The van der Waals surface area contributed by atoms with Crippen LogP contribution >= 0.6 is 0 Å². The Hall–Kier alpha value is -0.770. The number of carbonyl (C=O) groups excluding carboxylic acids is 1. The minimum absolute atomic E-state index is 0.212. The molecule has 88 valence electrons. The van der Waals surface area contributed by atoms with Gasteiger partial charge in [-0.05, 0) is 27.2 Å². The molecule has 1 amide bonds. The highest BCUT2D eigenvalue weighted by molar-refractivity contribution is 5.69. The summed E-state index contributed by atoms with van der Waals surface area (Å²) in [5, 5.41) is 0. The number of carbonyl (C=O) groups is 1. The summed E-state index contributed by atoms with van der Waals surface area (Å²) in [5.41, 5.74) is 5.48. The molecule has 1 atom stereocenters. The van der Waals surface area contributed by atoms with Crippen LogP contribution in [0.1, 0.15) is 34.1 Å². The Morgan fingerprint density at radius 3 is 2.47 bits per heavy atom. The summed E-state index contributed by atoms with van der Waals surface area (Å²) in [6.07, 6.45) is 0.745. The Labute approximate surface area is 91.8 Å². The highest BCUT2D eigenvalue weighted by atomic mass is 16.6. The lowest BCUT2D eigenvalue weighted by Gasteiger charge is -2.42. The third kappa shape index (κ3) is 3.38. The Morgan fingerprint density at radius 2 is 2.07 bits per heavy atom. The molecule has 0 aliphatic carbocycles. The van der Waals surface area contributed by atoms with E-state index in [0.717, 1.165) is 19.5 Å². The zero-order valence-electron chi connectivity index (χ0n) is 10.1. The molecule has 1 saturated heterocycles. The van der Waals surface area contributed by atoms with Gasteiger partial charge in [-0.3, -0.25) is 0 Å². The van der Waals surface area contributed by atoms with Crippen LogP contribution in [0.15, 0.2) is 0 Å². The summed E-state index contributed by atoms with van der Waals surface area (Å²) < 4.78 is 5.25. The van der Waals surface area contributed by atoms with Gasteiger partial charge in [0.05, 0.1) is 0 Å². The van der Waals surface area contributed by atoms with E-state index in [2.05, 4.69) is 6.92 Å². The number of nitrogens with two attached hydrogens (primary N) is 1. The quantitative estimate of drug-likeness (QED) is 0.759. The Kier molecular flexibility index (Phi) is 3.60. The number of hydrogen-bond donors (Lipinski definition) is 1. The van der Waals surface area contributed by atoms with Crippen LogP contribution in [0.3, 0.4) is 0 Å². The number of ether oxygens (including phenoxy) is 1. The van der Waals surface area contributed by atoms with Gasteiger partial charge in [0.1, 0.15) is 5.60 Å². The van der Waals surface area contributed by atoms with Crippen molar-refractivity contribution in [1.82, 2.24) is 4.90 Å². The highest BCUT2D eigenvalue weighted by Crippen LogP contribution is 2.22. The summed E-state index contributed by atoms with van der Waals surface area (Å²) >= 11 is 0. The van der Waals surface area contributed by atoms with Crippen LogP contribution in [-0.2, 0) is 4.74 Å². The zero-order valence-corrected chi connectivity index (χ0v) is 10.1. The fourth-order valence-electron chi connectivity index (χ4n) is 1.59. The summed E-state index contributed by atoms with van der Waals surface area (Å²) in [5.74, 6) is 0.447. The van der Waals surface area contributed by atoms with E-state index in [1.807, 2.05) is 20.8 Å². The van der Waals surface area contributed by atoms with Gasteiger partial charge in [-0.25, -0.2) is 4.79 Å². The highest BCUT2D eigenvalue weighted by Gasteiger charge is 2.36. The first-order valence-electron chi connectivity index (χ1n) is 5.57. The first-order valence-corrected chi connectivity index (χ1v) is 5.57. The van der Waals surface area contributed by atoms with E-state index in [4.69, 9.17) is 10.5 Å². The van der Waals surface area contributed by atoms with Crippen LogP contribution in [-0.4, -0.2) is 35.7 Å². The minimum atomic E-state index is -0.408. The largest absolute Gasteiger partial charge is 0.444 e. The van der Waals surface area contributed by atoms with E-state index in [0.29, 0.717) is 5.92 Å². The van der Waals surface area contributed by atoms with Gasteiger partial charge in [-0.2, -0.15) is 0 Å². The van der Waals surface area contributed by atoms with Crippen molar-refractivity contribution >= 4 is 6.09 Å². The van der Waals surface area contributed by atoms with Gasteiger partial charge >= 0.3 is 6.09 Å². The third-order valence-corrected chi connectivity index (χ3v) is 2.64. The van der Waals surface area contributed by atoms with Gasteiger partial charge < -0.3 is 15.4 Å². The average Bonchev–Trinajstić information content (AvgIpc) is 1.97. The van der Waals surface area contributed by atoms with E-state index in [1.54, 1.807) is 4.90 Å². The van der Waals surface area contributed by atoms with Crippen LogP contribution in [0.25, 0.3) is 0 Å². The molecule has 1 aliphatic heterocycles. The second-order valence-electron chi connectivity index (χ2n) is 5.22. The molecule has 4 nitrogen and oxygen atoms in total. The zero-order chi connectivity index (χ0) is 11.6. The van der Waals surface area contributed by atoms with E-state index in [-0.39, 0.29) is 12.1 Å². The maximum absolute atomic E-state index is 11.6. The topological polar surface area (TPSA) is 55.6 Å². The Balaban J connectivity index is 2.30. The lowest BCUT2D eigenvalue weighted by Crippen LogP contribution is -2.57. The molecule has 15 heavy (non-hydrogen) atoms. The van der Waals surface area contributed by atoms with Crippen LogP contribution in [0.4, 0.5) is 4.79 Å².